The molecule has 8 nitrogen and oxygen atoms in total. The van der Waals surface area contributed by atoms with Crippen LogP contribution in [0.5, 0.6) is 5.75 Å². The molecule has 0 aromatic heterocycles. The van der Waals surface area contributed by atoms with Crippen molar-refractivity contribution in [1.29, 1.82) is 10.5 Å². The van der Waals surface area contributed by atoms with Crippen LogP contribution in [-0.2, 0) is 9.59 Å². The van der Waals surface area contributed by atoms with Crippen LogP contribution in [0.15, 0.2) is 132 Å². The molecule has 0 spiro atoms. The average molecular weight is 684 g/mol. The molecule has 0 aliphatic carbocycles. The van der Waals surface area contributed by atoms with Gasteiger partial charge in [-0.05, 0) is 101 Å². The molecule has 5 aromatic carbocycles. The molecular weight excluding hydrogens is 651 g/mol. The number of anilines is 3. The summed E-state index contributed by atoms with van der Waals surface area (Å²) >= 11 is 0. The quantitative estimate of drug-likeness (QED) is 0.0711. The van der Waals surface area contributed by atoms with Crippen LogP contribution in [0, 0.1) is 22.7 Å². The number of rotatable bonds is 13. The number of carbonyl (C=O) groups is 2. The molecule has 0 radical (unpaired) electrons. The lowest BCUT2D eigenvalue weighted by atomic mass is 10.1. The van der Waals surface area contributed by atoms with Gasteiger partial charge in [-0.3, -0.25) is 0 Å². The molecule has 254 valence electrons. The lowest BCUT2D eigenvalue weighted by Crippen LogP contribution is -2.09. The molecule has 0 saturated heterocycles. The number of benzene rings is 5. The first-order valence-corrected chi connectivity index (χ1v) is 16.3. The molecule has 0 unspecified atom stereocenters. The van der Waals surface area contributed by atoms with Crippen LogP contribution < -0.4 is 9.64 Å². The maximum Gasteiger partial charge on any atom is 0.346 e. The van der Waals surface area contributed by atoms with Gasteiger partial charge in [0.15, 0.2) is 0 Å². The third kappa shape index (κ3) is 9.60. The van der Waals surface area contributed by atoms with E-state index < -0.39 is 11.9 Å². The van der Waals surface area contributed by atoms with Gasteiger partial charge in [0.25, 0.3) is 0 Å². The summed E-state index contributed by atoms with van der Waals surface area (Å²) in [4.78, 5) is 24.4. The minimum atomic E-state index is -1.26. The molecule has 0 saturated carbocycles. The fourth-order valence-corrected chi connectivity index (χ4v) is 5.18. The van der Waals surface area contributed by atoms with Gasteiger partial charge in [0.1, 0.15) is 29.0 Å². The molecule has 5 aromatic rings. The van der Waals surface area contributed by atoms with E-state index in [0.717, 1.165) is 45.1 Å². The summed E-state index contributed by atoms with van der Waals surface area (Å²) < 4.78 is 5.67. The van der Waals surface area contributed by atoms with E-state index in [9.17, 15) is 9.59 Å². The molecule has 52 heavy (non-hydrogen) atoms. The Morgan fingerprint density at radius 1 is 0.538 bits per heavy atom. The Morgan fingerprint density at radius 2 is 0.827 bits per heavy atom. The fourth-order valence-electron chi connectivity index (χ4n) is 5.18. The van der Waals surface area contributed by atoms with Crippen LogP contribution >= 0.6 is 0 Å². The highest BCUT2D eigenvalue weighted by Crippen LogP contribution is 2.36. The van der Waals surface area contributed by atoms with Crippen LogP contribution in [0.25, 0.3) is 36.5 Å². The monoisotopic (exact) mass is 683 g/mol. The van der Waals surface area contributed by atoms with Crippen molar-refractivity contribution in [2.24, 2.45) is 0 Å². The fraction of sp³-hybridized carbons (Fsp3) is 0.0455. The van der Waals surface area contributed by atoms with Gasteiger partial charge in [0.2, 0.25) is 0 Å². The van der Waals surface area contributed by atoms with Gasteiger partial charge >= 0.3 is 11.9 Å². The Kier molecular flexibility index (Phi) is 11.9. The lowest BCUT2D eigenvalue weighted by molar-refractivity contribution is -0.133. The molecule has 0 bridgehead atoms. The smallest absolute Gasteiger partial charge is 0.346 e. The van der Waals surface area contributed by atoms with Crippen molar-refractivity contribution in [2.75, 3.05) is 11.5 Å². The van der Waals surface area contributed by atoms with E-state index in [2.05, 4.69) is 29.2 Å². The summed E-state index contributed by atoms with van der Waals surface area (Å²) in [7, 11) is 0. The zero-order valence-electron chi connectivity index (χ0n) is 28.2. The second kappa shape index (κ2) is 17.3. The normalized spacial score (nSPS) is 11.6. The Labute approximate surface area is 302 Å². The number of aliphatic carboxylic acids is 2. The minimum Gasteiger partial charge on any atom is -0.494 e. The number of hydrogen-bond acceptors (Lipinski definition) is 6. The van der Waals surface area contributed by atoms with Crippen molar-refractivity contribution in [3.63, 3.8) is 0 Å². The first-order chi connectivity index (χ1) is 25.3. The molecule has 0 heterocycles. The zero-order valence-corrected chi connectivity index (χ0v) is 28.2. The van der Waals surface area contributed by atoms with E-state index >= 15 is 0 Å². The number of carboxylic acids is 2. The molecular formula is C44H33N3O5. The standard InChI is InChI=1S/C44H33N3O5/c1-2-52-42-25-23-41(24-26-42)47(39-19-15-33(16-20-39)5-3-31-7-11-35(12-8-31)27-37(29-45)43(48)49)40-21-17-34(18-22-40)6-4-32-9-13-36(14-10-32)28-38(30-46)44(50)51/h3-28H,2H2,1H3,(H,48,49)(H,50,51)/b5-3+,6-4+,37-27+,38-28+. The van der Waals surface area contributed by atoms with Crippen LogP contribution in [0.2, 0.25) is 0 Å². The van der Waals surface area contributed by atoms with Crippen molar-refractivity contribution in [3.8, 4) is 17.9 Å². The second-order valence-corrected chi connectivity index (χ2v) is 11.4. The molecule has 0 amide bonds. The number of nitrogens with zero attached hydrogens (tertiary/aromatic N) is 3. The summed E-state index contributed by atoms with van der Waals surface area (Å²) in [6.45, 7) is 2.53. The second-order valence-electron chi connectivity index (χ2n) is 11.4. The van der Waals surface area contributed by atoms with Gasteiger partial charge in [-0.15, -0.1) is 0 Å². The predicted octanol–water partition coefficient (Wildman–Crippen LogP) is 9.88. The maximum absolute atomic E-state index is 11.1. The number of carboxylic acid groups (broad SMARTS) is 2. The van der Waals surface area contributed by atoms with Crippen molar-refractivity contribution in [2.45, 2.75) is 6.92 Å². The minimum absolute atomic E-state index is 0.318. The van der Waals surface area contributed by atoms with Crippen LogP contribution in [0.1, 0.15) is 40.3 Å². The van der Waals surface area contributed by atoms with E-state index in [1.807, 2.05) is 104 Å². The first-order valence-electron chi connectivity index (χ1n) is 16.3. The van der Waals surface area contributed by atoms with Gasteiger partial charge in [0, 0.05) is 17.1 Å². The predicted molar refractivity (Wildman–Crippen MR) is 205 cm³/mol. The SMILES string of the molecule is CCOc1ccc(N(c2ccc(/C=C/c3ccc(/C=C(\C#N)C(=O)O)cc3)cc2)c2ccc(/C=C/c3ccc(/C=C(\C#N)C(=O)O)cc3)cc2)cc1. The number of ether oxygens (including phenoxy) is 1. The lowest BCUT2D eigenvalue weighted by Gasteiger charge is -2.26. The summed E-state index contributed by atoms with van der Waals surface area (Å²) in [6.07, 6.45) is 10.6. The molecule has 0 aliphatic heterocycles. The largest absolute Gasteiger partial charge is 0.494 e. The van der Waals surface area contributed by atoms with E-state index in [4.69, 9.17) is 25.5 Å². The molecule has 0 atom stereocenters. The van der Waals surface area contributed by atoms with Crippen molar-refractivity contribution in [3.05, 3.63) is 166 Å². The van der Waals surface area contributed by atoms with Crippen molar-refractivity contribution < 1.29 is 24.5 Å². The van der Waals surface area contributed by atoms with Crippen LogP contribution in [0.4, 0.5) is 17.1 Å². The third-order valence-electron chi connectivity index (χ3n) is 7.84. The highest BCUT2D eigenvalue weighted by molar-refractivity contribution is 5.97. The Hall–Kier alpha value is -7.42. The van der Waals surface area contributed by atoms with Gasteiger partial charge in [-0.1, -0.05) is 97.1 Å². The molecule has 8 heteroatoms. The molecule has 5 rings (SSSR count). The van der Waals surface area contributed by atoms with Crippen molar-refractivity contribution in [1.82, 2.24) is 0 Å². The summed E-state index contributed by atoms with van der Waals surface area (Å²) in [5, 5.41) is 36.2. The Morgan fingerprint density at radius 3 is 1.12 bits per heavy atom. The highest BCUT2D eigenvalue weighted by Gasteiger charge is 2.13. The van der Waals surface area contributed by atoms with E-state index in [1.165, 1.54) is 12.2 Å². The number of hydrogen-bond donors (Lipinski definition) is 2. The summed E-state index contributed by atoms with van der Waals surface area (Å²) in [6, 6.07) is 42.3. The Bertz CT molecular complexity index is 2100. The van der Waals surface area contributed by atoms with Crippen LogP contribution in [-0.4, -0.2) is 28.8 Å². The van der Waals surface area contributed by atoms with E-state index in [0.29, 0.717) is 17.7 Å². The number of nitriles is 2. The first kappa shape index (κ1) is 35.9. The maximum atomic E-state index is 11.1. The van der Waals surface area contributed by atoms with Gasteiger partial charge < -0.3 is 19.8 Å². The topological polar surface area (TPSA) is 135 Å². The Balaban J connectivity index is 1.34. The van der Waals surface area contributed by atoms with E-state index in [-0.39, 0.29) is 11.1 Å². The van der Waals surface area contributed by atoms with E-state index in [1.54, 1.807) is 36.4 Å². The zero-order chi connectivity index (χ0) is 36.9. The van der Waals surface area contributed by atoms with Gasteiger partial charge in [-0.25, -0.2) is 9.59 Å². The third-order valence-corrected chi connectivity index (χ3v) is 7.84. The molecule has 0 aliphatic rings. The van der Waals surface area contributed by atoms with Gasteiger partial charge in [-0.2, -0.15) is 10.5 Å². The molecule has 0 fully saturated rings. The van der Waals surface area contributed by atoms with Crippen LogP contribution in [0.3, 0.4) is 0 Å². The molecule has 2 N–H and O–H groups in total. The van der Waals surface area contributed by atoms with Gasteiger partial charge in [0.05, 0.1) is 6.61 Å². The highest BCUT2D eigenvalue weighted by atomic mass is 16.5. The average Bonchev–Trinajstić information content (AvgIpc) is 3.17. The summed E-state index contributed by atoms with van der Waals surface area (Å²) in [5.74, 6) is -1.72. The summed E-state index contributed by atoms with van der Waals surface area (Å²) in [5.41, 5.74) is 7.37. The van der Waals surface area contributed by atoms with Crippen molar-refractivity contribution >= 4 is 65.5 Å².